The SMILES string of the molecule is CC/C=C\C/C=C\C/C=C\C/C=C\C/C=C\C/C=C\CCCCCCCCCCCCCCCCC(=O)OC(COC(=O)CCCCCCC/C=C\C/C=C\C/C=C\C/C=C\C/C=C\CC)COC(OCC[N+](C)(C)C)C(=O)O. The van der Waals surface area contributed by atoms with Gasteiger partial charge in [0.1, 0.15) is 13.2 Å². The number of carbonyl (C=O) groups is 3. The van der Waals surface area contributed by atoms with Gasteiger partial charge in [-0.15, -0.1) is 0 Å². The number of esters is 2. The van der Waals surface area contributed by atoms with E-state index >= 15 is 0 Å². The lowest BCUT2D eigenvalue weighted by Gasteiger charge is -2.25. The topological polar surface area (TPSA) is 108 Å². The molecule has 0 bridgehead atoms. The first kappa shape index (κ1) is 74.4. The fraction of sp³-hybridized carbons (Fsp3) is 0.643. The van der Waals surface area contributed by atoms with E-state index in [-0.39, 0.29) is 38.6 Å². The summed E-state index contributed by atoms with van der Waals surface area (Å²) in [4.78, 5) is 37.5. The van der Waals surface area contributed by atoms with Crippen molar-refractivity contribution in [3.05, 3.63) is 134 Å². The van der Waals surface area contributed by atoms with Gasteiger partial charge in [-0.2, -0.15) is 0 Å². The molecule has 0 aliphatic carbocycles. The molecule has 0 aliphatic rings. The van der Waals surface area contributed by atoms with Gasteiger partial charge in [-0.25, -0.2) is 4.79 Å². The van der Waals surface area contributed by atoms with Crippen molar-refractivity contribution in [2.75, 3.05) is 47.5 Å². The molecule has 0 aromatic rings. The van der Waals surface area contributed by atoms with Crippen LogP contribution >= 0.6 is 0 Å². The van der Waals surface area contributed by atoms with Crippen LogP contribution in [0.15, 0.2) is 134 Å². The van der Waals surface area contributed by atoms with Gasteiger partial charge >= 0.3 is 17.9 Å². The van der Waals surface area contributed by atoms with Gasteiger partial charge < -0.3 is 28.5 Å². The van der Waals surface area contributed by atoms with E-state index < -0.39 is 24.3 Å². The molecule has 79 heavy (non-hydrogen) atoms. The Kier molecular flexibility index (Phi) is 56.1. The standard InChI is InChI=1S/C70H115NO8/c1-6-8-10-12-14-16-18-20-22-24-26-28-29-30-31-32-33-34-35-36-37-38-39-41-43-45-47-49-51-53-55-57-59-61-68(73)79-66(65-78-70(69(74)75)76-63-62-71(3,4)5)64-77-67(72)60-58-56-54-52-50-48-46-44-42-40-27-25-23-21-19-17-15-13-11-9-7-2/h8-11,14-17,20-23,26-28,30-31,33-34,40,44,46,66,70H,6-7,12-13,18-19,24-25,29,32,35-39,41-43,45,47-65H2,1-5H3/p+1/b10-8-,11-9-,16-14-,17-15-,22-20-,23-21-,28-26-,31-30-,34-33-,40-27-,46-44-. The van der Waals surface area contributed by atoms with Crippen molar-refractivity contribution in [2.45, 2.75) is 245 Å². The molecule has 9 nitrogen and oxygen atoms in total. The number of hydrogen-bond acceptors (Lipinski definition) is 7. The maximum Gasteiger partial charge on any atom is 0.361 e. The number of aliphatic carboxylic acids is 1. The molecule has 9 heteroatoms. The molecule has 2 atom stereocenters. The maximum absolute atomic E-state index is 12.9. The van der Waals surface area contributed by atoms with Crippen LogP contribution in [0.5, 0.6) is 0 Å². The summed E-state index contributed by atoms with van der Waals surface area (Å²) >= 11 is 0. The highest BCUT2D eigenvalue weighted by atomic mass is 16.7. The highest BCUT2D eigenvalue weighted by Crippen LogP contribution is 2.16. The molecule has 1 N–H and O–H groups in total. The van der Waals surface area contributed by atoms with E-state index in [4.69, 9.17) is 18.9 Å². The summed E-state index contributed by atoms with van der Waals surface area (Å²) in [6.45, 7) is 4.62. The molecule has 0 aromatic heterocycles. The van der Waals surface area contributed by atoms with Gasteiger partial charge in [-0.05, 0) is 109 Å². The third kappa shape index (κ3) is 60.9. The van der Waals surface area contributed by atoms with E-state index in [0.29, 0.717) is 17.4 Å². The third-order valence-corrected chi connectivity index (χ3v) is 12.9. The first-order valence-corrected chi connectivity index (χ1v) is 31.3. The Balaban J connectivity index is 4.21. The Labute approximate surface area is 484 Å². The van der Waals surface area contributed by atoms with Crippen molar-refractivity contribution in [3.63, 3.8) is 0 Å². The second kappa shape index (κ2) is 59.5. The Morgan fingerprint density at radius 1 is 0.380 bits per heavy atom. The van der Waals surface area contributed by atoms with E-state index in [9.17, 15) is 19.5 Å². The highest BCUT2D eigenvalue weighted by molar-refractivity contribution is 5.71. The fourth-order valence-corrected chi connectivity index (χ4v) is 8.16. The van der Waals surface area contributed by atoms with Crippen LogP contribution in [0.25, 0.3) is 0 Å². The second-order valence-corrected chi connectivity index (χ2v) is 21.6. The minimum absolute atomic E-state index is 0.178. The molecule has 0 spiro atoms. The predicted molar refractivity (Wildman–Crippen MR) is 336 cm³/mol. The average Bonchev–Trinajstić information content (AvgIpc) is 3.42. The Bertz CT molecular complexity index is 1750. The van der Waals surface area contributed by atoms with E-state index in [0.717, 1.165) is 128 Å². The van der Waals surface area contributed by atoms with Crippen LogP contribution in [0.3, 0.4) is 0 Å². The number of ether oxygens (including phenoxy) is 4. The molecule has 0 heterocycles. The first-order valence-electron chi connectivity index (χ1n) is 31.3. The minimum Gasteiger partial charge on any atom is -0.477 e. The lowest BCUT2D eigenvalue weighted by atomic mass is 10.0. The van der Waals surface area contributed by atoms with Gasteiger partial charge in [0.15, 0.2) is 6.10 Å². The first-order chi connectivity index (χ1) is 38.6. The van der Waals surface area contributed by atoms with E-state index in [1.54, 1.807) is 0 Å². The lowest BCUT2D eigenvalue weighted by Crippen LogP contribution is -2.40. The number of carboxylic acids is 1. The van der Waals surface area contributed by atoms with Gasteiger partial charge in [0, 0.05) is 12.8 Å². The van der Waals surface area contributed by atoms with Crippen LogP contribution in [0.1, 0.15) is 232 Å². The lowest BCUT2D eigenvalue weighted by molar-refractivity contribution is -0.870. The largest absolute Gasteiger partial charge is 0.477 e. The Morgan fingerprint density at radius 3 is 1.01 bits per heavy atom. The van der Waals surface area contributed by atoms with Crippen molar-refractivity contribution in [1.82, 2.24) is 0 Å². The quantitative estimate of drug-likeness (QED) is 0.0211. The zero-order valence-corrected chi connectivity index (χ0v) is 51.0. The summed E-state index contributed by atoms with van der Waals surface area (Å²) in [5.41, 5.74) is 0. The number of rotatable bonds is 56. The zero-order valence-electron chi connectivity index (χ0n) is 51.0. The van der Waals surface area contributed by atoms with Gasteiger partial charge in [0.25, 0.3) is 6.29 Å². The molecular weight excluding hydrogens is 983 g/mol. The van der Waals surface area contributed by atoms with E-state index in [1.165, 1.54) is 70.6 Å². The molecular formula is C70H116NO8+. The van der Waals surface area contributed by atoms with E-state index in [1.807, 2.05) is 21.1 Å². The number of unbranched alkanes of at least 4 members (excludes halogenated alkanes) is 19. The van der Waals surface area contributed by atoms with Crippen molar-refractivity contribution < 1.29 is 42.9 Å². The summed E-state index contributed by atoms with van der Waals surface area (Å²) in [5, 5.41) is 9.72. The number of quaternary nitrogens is 1. The molecule has 0 saturated carbocycles. The monoisotopic (exact) mass is 1100 g/mol. The van der Waals surface area contributed by atoms with E-state index in [2.05, 4.69) is 148 Å². The second-order valence-electron chi connectivity index (χ2n) is 21.6. The van der Waals surface area contributed by atoms with Gasteiger partial charge in [-0.1, -0.05) is 244 Å². The normalized spacial score (nSPS) is 13.7. The smallest absolute Gasteiger partial charge is 0.361 e. The molecule has 0 radical (unpaired) electrons. The molecule has 2 unspecified atom stereocenters. The minimum atomic E-state index is -1.52. The highest BCUT2D eigenvalue weighted by Gasteiger charge is 2.25. The zero-order chi connectivity index (χ0) is 57.6. The van der Waals surface area contributed by atoms with Crippen LogP contribution in [0.2, 0.25) is 0 Å². The maximum atomic E-state index is 12.9. The predicted octanol–water partition coefficient (Wildman–Crippen LogP) is 19.0. The molecule has 0 saturated heterocycles. The Morgan fingerprint density at radius 2 is 0.684 bits per heavy atom. The summed E-state index contributed by atoms with van der Waals surface area (Å²) < 4.78 is 22.9. The van der Waals surface area contributed by atoms with Crippen molar-refractivity contribution in [2.24, 2.45) is 0 Å². The van der Waals surface area contributed by atoms with Crippen LogP contribution in [-0.4, -0.2) is 87.4 Å². The summed E-state index contributed by atoms with van der Waals surface area (Å²) in [6.07, 6.45) is 82.5. The summed E-state index contributed by atoms with van der Waals surface area (Å²) in [6, 6.07) is 0. The average molecular weight is 1100 g/mol. The van der Waals surface area contributed by atoms with Crippen molar-refractivity contribution in [3.8, 4) is 0 Å². The molecule has 0 fully saturated rings. The third-order valence-electron chi connectivity index (χ3n) is 12.9. The van der Waals surface area contributed by atoms with Crippen LogP contribution < -0.4 is 0 Å². The fourth-order valence-electron chi connectivity index (χ4n) is 8.16. The number of carboxylic acid groups (broad SMARTS) is 1. The number of likely N-dealkylation sites (N-methyl/N-ethyl adjacent to an activating group) is 1. The molecule has 0 aliphatic heterocycles. The molecule has 448 valence electrons. The summed E-state index contributed by atoms with van der Waals surface area (Å²) in [5.74, 6) is -2.04. The number of nitrogens with zero attached hydrogens (tertiary/aromatic N) is 1. The van der Waals surface area contributed by atoms with Crippen molar-refractivity contribution in [1.29, 1.82) is 0 Å². The van der Waals surface area contributed by atoms with Gasteiger partial charge in [-0.3, -0.25) is 9.59 Å². The Hall–Kier alpha value is -4.57. The van der Waals surface area contributed by atoms with Crippen LogP contribution in [0, 0.1) is 0 Å². The van der Waals surface area contributed by atoms with Crippen LogP contribution in [0.4, 0.5) is 0 Å². The summed E-state index contributed by atoms with van der Waals surface area (Å²) in [7, 11) is 5.96. The van der Waals surface area contributed by atoms with Crippen LogP contribution in [-0.2, 0) is 33.3 Å². The van der Waals surface area contributed by atoms with Gasteiger partial charge in [0.05, 0.1) is 34.4 Å². The molecule has 0 rings (SSSR count). The molecule has 0 aromatic carbocycles. The van der Waals surface area contributed by atoms with Gasteiger partial charge in [0.2, 0.25) is 0 Å². The number of hydrogen-bond donors (Lipinski definition) is 1. The number of carbonyl (C=O) groups excluding carboxylic acids is 2. The molecule has 0 amide bonds. The number of allylic oxidation sites excluding steroid dienone is 22. The van der Waals surface area contributed by atoms with Crippen molar-refractivity contribution >= 4 is 17.9 Å².